The maximum atomic E-state index is 9.26. The van der Waals surface area contributed by atoms with Crippen molar-refractivity contribution in [3.8, 4) is 5.75 Å². The Bertz CT molecular complexity index is 283. The number of nitrogens with one attached hydrogen (secondary N) is 1. The Morgan fingerprint density at radius 3 is 2.57 bits per heavy atom. The van der Waals surface area contributed by atoms with Gasteiger partial charge < -0.3 is 10.4 Å². The predicted molar refractivity (Wildman–Crippen MR) is 59.2 cm³/mol. The molecule has 14 heavy (non-hydrogen) atoms. The lowest BCUT2D eigenvalue weighted by Crippen LogP contribution is -2.30. The zero-order valence-electron chi connectivity index (χ0n) is 9.12. The minimum absolute atomic E-state index is 0.335. The highest BCUT2D eigenvalue weighted by atomic mass is 16.3. The molecule has 1 atom stereocenters. The molecule has 0 fully saturated rings. The van der Waals surface area contributed by atoms with E-state index in [1.165, 1.54) is 0 Å². The van der Waals surface area contributed by atoms with Gasteiger partial charge in [-0.15, -0.1) is 0 Å². The first-order chi connectivity index (χ1) is 6.59. The quantitative estimate of drug-likeness (QED) is 0.770. The van der Waals surface area contributed by atoms with Gasteiger partial charge in [-0.25, -0.2) is 0 Å². The number of rotatable bonds is 4. The normalized spacial score (nSPS) is 13.1. The topological polar surface area (TPSA) is 32.3 Å². The molecule has 0 aromatic heterocycles. The molecule has 0 aliphatic carbocycles. The summed E-state index contributed by atoms with van der Waals surface area (Å²) in [5.41, 5.74) is 1.12. The van der Waals surface area contributed by atoms with E-state index in [4.69, 9.17) is 0 Å². The number of phenolic OH excluding ortho intramolecular Hbond substituents is 1. The second-order valence-electron chi connectivity index (χ2n) is 4.08. The van der Waals surface area contributed by atoms with Crippen molar-refractivity contribution in [2.45, 2.75) is 33.4 Å². The van der Waals surface area contributed by atoms with E-state index >= 15 is 0 Å². The largest absolute Gasteiger partial charge is 0.508 e. The number of benzene rings is 1. The van der Waals surface area contributed by atoms with Crippen LogP contribution in [0.1, 0.15) is 26.3 Å². The number of aromatic hydroxyl groups is 1. The number of hydrogen-bond acceptors (Lipinski definition) is 2. The van der Waals surface area contributed by atoms with E-state index in [0.29, 0.717) is 17.7 Å². The summed E-state index contributed by atoms with van der Waals surface area (Å²) in [4.78, 5) is 0. The van der Waals surface area contributed by atoms with Crippen LogP contribution in [-0.2, 0) is 6.54 Å². The summed E-state index contributed by atoms with van der Waals surface area (Å²) in [7, 11) is 0. The van der Waals surface area contributed by atoms with Crippen LogP contribution < -0.4 is 5.32 Å². The second-order valence-corrected chi connectivity index (χ2v) is 4.08. The van der Waals surface area contributed by atoms with Crippen LogP contribution in [0.5, 0.6) is 5.75 Å². The van der Waals surface area contributed by atoms with E-state index in [9.17, 15) is 5.11 Å². The molecule has 0 heterocycles. The molecule has 0 aliphatic rings. The fourth-order valence-electron chi connectivity index (χ4n) is 1.18. The van der Waals surface area contributed by atoms with E-state index in [1.807, 2.05) is 12.1 Å². The lowest BCUT2D eigenvalue weighted by Gasteiger charge is -2.17. The van der Waals surface area contributed by atoms with Crippen molar-refractivity contribution < 1.29 is 5.11 Å². The third kappa shape index (κ3) is 3.38. The van der Waals surface area contributed by atoms with Crippen molar-refractivity contribution in [3.63, 3.8) is 0 Å². The van der Waals surface area contributed by atoms with Gasteiger partial charge >= 0.3 is 0 Å². The minimum atomic E-state index is 0.335. The van der Waals surface area contributed by atoms with Gasteiger partial charge in [0.1, 0.15) is 5.75 Å². The van der Waals surface area contributed by atoms with Gasteiger partial charge in [0, 0.05) is 12.6 Å². The standard InChI is InChI=1S/C12H19NO/c1-9(2)10(3)13-8-11-5-4-6-12(14)7-11/h4-7,9-10,13-14H,8H2,1-3H3. The smallest absolute Gasteiger partial charge is 0.115 e. The third-order valence-corrected chi connectivity index (χ3v) is 2.54. The van der Waals surface area contributed by atoms with Crippen molar-refractivity contribution in [1.82, 2.24) is 5.32 Å². The Morgan fingerprint density at radius 1 is 1.29 bits per heavy atom. The summed E-state index contributed by atoms with van der Waals surface area (Å²) >= 11 is 0. The zero-order valence-corrected chi connectivity index (χ0v) is 9.12. The summed E-state index contributed by atoms with van der Waals surface area (Å²) in [6.07, 6.45) is 0. The van der Waals surface area contributed by atoms with Crippen LogP contribution in [0, 0.1) is 5.92 Å². The van der Waals surface area contributed by atoms with E-state index in [1.54, 1.807) is 12.1 Å². The molecular weight excluding hydrogens is 174 g/mol. The van der Waals surface area contributed by atoms with Crippen molar-refractivity contribution in [3.05, 3.63) is 29.8 Å². The Labute approximate surface area is 86.0 Å². The average molecular weight is 193 g/mol. The van der Waals surface area contributed by atoms with Crippen LogP contribution in [0.25, 0.3) is 0 Å². The molecular formula is C12H19NO. The Morgan fingerprint density at radius 2 is 2.00 bits per heavy atom. The molecule has 0 bridgehead atoms. The van der Waals surface area contributed by atoms with E-state index in [-0.39, 0.29) is 0 Å². The lowest BCUT2D eigenvalue weighted by atomic mass is 10.1. The molecule has 78 valence electrons. The summed E-state index contributed by atoms with van der Waals surface area (Å²) in [6, 6.07) is 7.86. The van der Waals surface area contributed by atoms with Gasteiger partial charge in [-0.1, -0.05) is 26.0 Å². The van der Waals surface area contributed by atoms with Crippen molar-refractivity contribution in [2.75, 3.05) is 0 Å². The molecule has 2 heteroatoms. The maximum absolute atomic E-state index is 9.26. The molecule has 1 rings (SSSR count). The molecule has 1 aromatic carbocycles. The highest BCUT2D eigenvalue weighted by Gasteiger charge is 2.05. The zero-order chi connectivity index (χ0) is 10.6. The fourth-order valence-corrected chi connectivity index (χ4v) is 1.18. The summed E-state index contributed by atoms with van der Waals surface area (Å²) in [5, 5.41) is 12.7. The lowest BCUT2D eigenvalue weighted by molar-refractivity contribution is 0.425. The van der Waals surface area contributed by atoms with E-state index in [2.05, 4.69) is 26.1 Å². The first-order valence-corrected chi connectivity index (χ1v) is 5.11. The first-order valence-electron chi connectivity index (χ1n) is 5.11. The van der Waals surface area contributed by atoms with Crippen LogP contribution >= 0.6 is 0 Å². The summed E-state index contributed by atoms with van der Waals surface area (Å²) in [5.74, 6) is 0.966. The molecule has 0 saturated heterocycles. The van der Waals surface area contributed by atoms with Crippen molar-refractivity contribution >= 4 is 0 Å². The van der Waals surface area contributed by atoms with Crippen molar-refractivity contribution in [2.24, 2.45) is 5.92 Å². The average Bonchev–Trinajstić information content (AvgIpc) is 2.14. The van der Waals surface area contributed by atoms with Gasteiger partial charge in [-0.3, -0.25) is 0 Å². The first kappa shape index (κ1) is 11.1. The summed E-state index contributed by atoms with van der Waals surface area (Å²) in [6.45, 7) is 7.38. The monoisotopic (exact) mass is 193 g/mol. The second kappa shape index (κ2) is 5.01. The van der Waals surface area contributed by atoms with Gasteiger partial charge in [0.15, 0.2) is 0 Å². The van der Waals surface area contributed by atoms with E-state index < -0.39 is 0 Å². The fraction of sp³-hybridized carbons (Fsp3) is 0.500. The molecule has 2 N–H and O–H groups in total. The number of phenols is 1. The van der Waals surface area contributed by atoms with E-state index in [0.717, 1.165) is 12.1 Å². The number of hydrogen-bond donors (Lipinski definition) is 2. The van der Waals surface area contributed by atoms with Gasteiger partial charge in [0.2, 0.25) is 0 Å². The predicted octanol–water partition coefficient (Wildman–Crippen LogP) is 2.53. The molecule has 2 nitrogen and oxygen atoms in total. The van der Waals surface area contributed by atoms with Crippen LogP contribution in [0.15, 0.2) is 24.3 Å². The highest BCUT2D eigenvalue weighted by molar-refractivity contribution is 5.26. The Kier molecular flexibility index (Phi) is 3.96. The Hall–Kier alpha value is -1.02. The maximum Gasteiger partial charge on any atom is 0.115 e. The van der Waals surface area contributed by atoms with Crippen LogP contribution in [-0.4, -0.2) is 11.1 Å². The highest BCUT2D eigenvalue weighted by Crippen LogP contribution is 2.11. The Balaban J connectivity index is 2.45. The van der Waals surface area contributed by atoms with Crippen LogP contribution in [0.3, 0.4) is 0 Å². The van der Waals surface area contributed by atoms with Gasteiger partial charge in [-0.2, -0.15) is 0 Å². The molecule has 1 aromatic rings. The molecule has 0 radical (unpaired) electrons. The molecule has 0 saturated carbocycles. The molecule has 0 amide bonds. The SMILES string of the molecule is CC(C)C(C)NCc1cccc(O)c1. The minimum Gasteiger partial charge on any atom is -0.508 e. The van der Waals surface area contributed by atoms with Crippen molar-refractivity contribution in [1.29, 1.82) is 0 Å². The molecule has 0 spiro atoms. The van der Waals surface area contributed by atoms with Gasteiger partial charge in [0.05, 0.1) is 0 Å². The van der Waals surface area contributed by atoms with Crippen LogP contribution in [0.2, 0.25) is 0 Å². The van der Waals surface area contributed by atoms with Crippen LogP contribution in [0.4, 0.5) is 0 Å². The molecule has 1 unspecified atom stereocenters. The third-order valence-electron chi connectivity index (χ3n) is 2.54. The van der Waals surface area contributed by atoms with Gasteiger partial charge in [0.25, 0.3) is 0 Å². The summed E-state index contributed by atoms with van der Waals surface area (Å²) < 4.78 is 0. The molecule has 0 aliphatic heterocycles. The van der Waals surface area contributed by atoms with Gasteiger partial charge in [-0.05, 0) is 30.5 Å².